The van der Waals surface area contributed by atoms with E-state index in [1.54, 1.807) is 0 Å². The zero-order valence-electron chi connectivity index (χ0n) is 14.5. The average molecular weight is 302 g/mol. The molecule has 0 saturated heterocycles. The minimum atomic E-state index is 0.0135. The van der Waals surface area contributed by atoms with Crippen LogP contribution in [0.4, 0.5) is 0 Å². The van der Waals surface area contributed by atoms with Crippen LogP contribution in [0.2, 0.25) is 0 Å². The molecule has 1 aromatic rings. The van der Waals surface area contributed by atoms with Crippen molar-refractivity contribution in [3.63, 3.8) is 0 Å². The van der Waals surface area contributed by atoms with E-state index >= 15 is 0 Å². The minimum absolute atomic E-state index is 0.0135. The SMILES string of the molecule is CCCCCCCCC(=O)N/N=C(\C)c1ccc(C)cc1C. The van der Waals surface area contributed by atoms with E-state index in [0.29, 0.717) is 6.42 Å². The van der Waals surface area contributed by atoms with Gasteiger partial charge < -0.3 is 0 Å². The second-order valence-electron chi connectivity index (χ2n) is 6.07. The van der Waals surface area contributed by atoms with Crippen LogP contribution in [0, 0.1) is 13.8 Å². The predicted octanol–water partition coefficient (Wildman–Crippen LogP) is 4.89. The van der Waals surface area contributed by atoms with Crippen molar-refractivity contribution in [2.75, 3.05) is 0 Å². The van der Waals surface area contributed by atoms with E-state index in [9.17, 15) is 4.79 Å². The second-order valence-corrected chi connectivity index (χ2v) is 6.07. The van der Waals surface area contributed by atoms with Crippen molar-refractivity contribution < 1.29 is 4.79 Å². The minimum Gasteiger partial charge on any atom is -0.273 e. The first-order valence-electron chi connectivity index (χ1n) is 8.45. The molecule has 0 atom stereocenters. The zero-order chi connectivity index (χ0) is 16.4. The number of hydrogen-bond acceptors (Lipinski definition) is 2. The summed E-state index contributed by atoms with van der Waals surface area (Å²) in [5.74, 6) is 0.0135. The van der Waals surface area contributed by atoms with E-state index in [1.165, 1.54) is 36.8 Å². The fourth-order valence-electron chi connectivity index (χ4n) is 2.55. The van der Waals surface area contributed by atoms with Gasteiger partial charge in [-0.15, -0.1) is 0 Å². The predicted molar refractivity (Wildman–Crippen MR) is 94.3 cm³/mol. The first kappa shape index (κ1) is 18.4. The van der Waals surface area contributed by atoms with Crippen molar-refractivity contribution in [3.8, 4) is 0 Å². The number of rotatable bonds is 9. The number of carbonyl (C=O) groups excluding carboxylic acids is 1. The van der Waals surface area contributed by atoms with Gasteiger partial charge in [-0.05, 0) is 32.8 Å². The number of benzene rings is 1. The first-order chi connectivity index (χ1) is 10.5. The number of nitrogens with one attached hydrogen (secondary N) is 1. The highest BCUT2D eigenvalue weighted by atomic mass is 16.2. The fourth-order valence-corrected chi connectivity index (χ4v) is 2.55. The van der Waals surface area contributed by atoms with Crippen LogP contribution < -0.4 is 5.43 Å². The van der Waals surface area contributed by atoms with Gasteiger partial charge in [0, 0.05) is 12.0 Å². The number of aryl methyl sites for hydroxylation is 2. The summed E-state index contributed by atoms with van der Waals surface area (Å²) >= 11 is 0. The molecule has 0 spiro atoms. The van der Waals surface area contributed by atoms with Crippen LogP contribution in [0.1, 0.15) is 75.5 Å². The van der Waals surface area contributed by atoms with E-state index in [0.717, 1.165) is 24.1 Å². The zero-order valence-corrected chi connectivity index (χ0v) is 14.5. The molecule has 1 N–H and O–H groups in total. The van der Waals surface area contributed by atoms with Crippen LogP contribution in [0.15, 0.2) is 23.3 Å². The Labute approximate surface area is 135 Å². The molecule has 22 heavy (non-hydrogen) atoms. The molecular weight excluding hydrogens is 272 g/mol. The van der Waals surface area contributed by atoms with Crippen LogP contribution in [0.5, 0.6) is 0 Å². The van der Waals surface area contributed by atoms with Gasteiger partial charge in [0.2, 0.25) is 5.91 Å². The van der Waals surface area contributed by atoms with Crippen LogP contribution in [-0.2, 0) is 4.79 Å². The Morgan fingerprint density at radius 3 is 2.45 bits per heavy atom. The summed E-state index contributed by atoms with van der Waals surface area (Å²) in [5, 5.41) is 4.23. The topological polar surface area (TPSA) is 41.5 Å². The molecule has 0 aliphatic rings. The van der Waals surface area contributed by atoms with Crippen LogP contribution >= 0.6 is 0 Å². The number of nitrogens with zero attached hydrogens (tertiary/aromatic N) is 1. The Morgan fingerprint density at radius 1 is 1.09 bits per heavy atom. The van der Waals surface area contributed by atoms with Crippen LogP contribution in [0.3, 0.4) is 0 Å². The number of unbranched alkanes of at least 4 members (excludes halogenated alkanes) is 5. The molecule has 0 unspecified atom stereocenters. The highest BCUT2D eigenvalue weighted by molar-refractivity contribution is 6.00. The van der Waals surface area contributed by atoms with Crippen molar-refractivity contribution in [1.29, 1.82) is 0 Å². The molecule has 0 aromatic heterocycles. The van der Waals surface area contributed by atoms with Crippen molar-refractivity contribution >= 4 is 11.6 Å². The lowest BCUT2D eigenvalue weighted by Gasteiger charge is -2.07. The van der Waals surface area contributed by atoms with E-state index < -0.39 is 0 Å². The summed E-state index contributed by atoms with van der Waals surface area (Å²) < 4.78 is 0. The third-order valence-corrected chi connectivity index (χ3v) is 3.88. The van der Waals surface area contributed by atoms with E-state index in [4.69, 9.17) is 0 Å². The maximum absolute atomic E-state index is 11.8. The van der Waals surface area contributed by atoms with Gasteiger partial charge in [-0.2, -0.15) is 5.10 Å². The Bertz CT molecular complexity index is 506. The van der Waals surface area contributed by atoms with Gasteiger partial charge in [0.1, 0.15) is 0 Å². The summed E-state index contributed by atoms with van der Waals surface area (Å²) in [4.78, 5) is 11.8. The third kappa shape index (κ3) is 6.88. The maximum Gasteiger partial charge on any atom is 0.240 e. The summed E-state index contributed by atoms with van der Waals surface area (Å²) in [7, 11) is 0. The molecule has 0 heterocycles. The molecule has 0 aliphatic carbocycles. The van der Waals surface area contributed by atoms with Gasteiger partial charge in [0.25, 0.3) is 0 Å². The average Bonchev–Trinajstić information content (AvgIpc) is 2.48. The quantitative estimate of drug-likeness (QED) is 0.394. The van der Waals surface area contributed by atoms with Gasteiger partial charge in [0.15, 0.2) is 0 Å². The Hall–Kier alpha value is -1.64. The fraction of sp³-hybridized carbons (Fsp3) is 0.579. The van der Waals surface area contributed by atoms with Gasteiger partial charge in [-0.1, -0.05) is 62.8 Å². The molecule has 0 fully saturated rings. The van der Waals surface area contributed by atoms with Crippen LogP contribution in [-0.4, -0.2) is 11.6 Å². The van der Waals surface area contributed by atoms with E-state index in [-0.39, 0.29) is 5.91 Å². The Balaban J connectivity index is 2.35. The molecule has 0 saturated carbocycles. The molecule has 0 aliphatic heterocycles. The number of amides is 1. The maximum atomic E-state index is 11.8. The monoisotopic (exact) mass is 302 g/mol. The molecule has 122 valence electrons. The lowest BCUT2D eigenvalue weighted by Crippen LogP contribution is -2.19. The summed E-state index contributed by atoms with van der Waals surface area (Å²) in [6.07, 6.45) is 7.71. The summed E-state index contributed by atoms with van der Waals surface area (Å²) in [6.45, 7) is 8.29. The van der Waals surface area contributed by atoms with E-state index in [2.05, 4.69) is 49.5 Å². The van der Waals surface area contributed by atoms with Crippen LogP contribution in [0.25, 0.3) is 0 Å². The second kappa shape index (κ2) is 10.1. The first-order valence-corrected chi connectivity index (χ1v) is 8.45. The molecule has 1 rings (SSSR count). The highest BCUT2D eigenvalue weighted by Gasteiger charge is 2.04. The van der Waals surface area contributed by atoms with Crippen molar-refractivity contribution in [3.05, 3.63) is 34.9 Å². The lowest BCUT2D eigenvalue weighted by molar-refractivity contribution is -0.121. The number of hydrazone groups is 1. The van der Waals surface area contributed by atoms with Gasteiger partial charge in [-0.3, -0.25) is 4.79 Å². The summed E-state index contributed by atoms with van der Waals surface area (Å²) in [6, 6.07) is 6.26. The smallest absolute Gasteiger partial charge is 0.240 e. The molecule has 1 aromatic carbocycles. The van der Waals surface area contributed by atoms with Gasteiger partial charge in [-0.25, -0.2) is 5.43 Å². The number of hydrogen-bond donors (Lipinski definition) is 1. The molecule has 0 radical (unpaired) electrons. The van der Waals surface area contributed by atoms with E-state index in [1.807, 2.05) is 6.92 Å². The number of carbonyl (C=O) groups is 1. The van der Waals surface area contributed by atoms with Crippen molar-refractivity contribution in [2.45, 2.75) is 72.6 Å². The molecule has 0 bridgehead atoms. The van der Waals surface area contributed by atoms with Crippen molar-refractivity contribution in [1.82, 2.24) is 5.43 Å². The molecular formula is C19H30N2O. The van der Waals surface area contributed by atoms with Gasteiger partial charge in [0.05, 0.1) is 5.71 Å². The molecule has 3 nitrogen and oxygen atoms in total. The lowest BCUT2D eigenvalue weighted by atomic mass is 10.0. The highest BCUT2D eigenvalue weighted by Crippen LogP contribution is 2.11. The Kier molecular flexibility index (Phi) is 8.49. The largest absolute Gasteiger partial charge is 0.273 e. The third-order valence-electron chi connectivity index (χ3n) is 3.88. The molecule has 1 amide bonds. The molecule has 3 heteroatoms. The van der Waals surface area contributed by atoms with Crippen molar-refractivity contribution in [2.24, 2.45) is 5.10 Å². The normalized spacial score (nSPS) is 11.5. The Morgan fingerprint density at radius 2 is 1.77 bits per heavy atom. The summed E-state index contributed by atoms with van der Waals surface area (Å²) in [5.41, 5.74) is 7.04. The standard InChI is InChI=1S/C19H30N2O/c1-5-6-7-8-9-10-11-19(22)21-20-17(4)18-13-12-15(2)14-16(18)3/h12-14H,5-11H2,1-4H3,(H,21,22)/b20-17+. The van der Waals surface area contributed by atoms with Gasteiger partial charge >= 0.3 is 0 Å².